The Bertz CT molecular complexity index is 697. The van der Waals surface area contributed by atoms with Gasteiger partial charge in [-0.25, -0.2) is 4.98 Å². The van der Waals surface area contributed by atoms with Crippen molar-refractivity contribution >= 4 is 45.4 Å². The number of rotatable bonds is 3. The number of nitrogens with zero attached hydrogens (tertiary/aromatic N) is 1. The Hall–Kier alpha value is -1.92. The van der Waals surface area contributed by atoms with E-state index in [4.69, 9.17) is 17.3 Å². The molecule has 0 radical (unpaired) electrons. The first kappa shape index (κ1) is 14.5. The molecular formula is C13H12ClN3O2S. The lowest BCUT2D eigenvalue weighted by atomic mass is 10.2. The van der Waals surface area contributed by atoms with Gasteiger partial charge in [0.05, 0.1) is 21.3 Å². The van der Waals surface area contributed by atoms with Crippen LogP contribution in [-0.4, -0.2) is 16.7 Å². The summed E-state index contributed by atoms with van der Waals surface area (Å²) in [5.74, 6) is -0.423. The second kappa shape index (κ2) is 5.60. The van der Waals surface area contributed by atoms with E-state index in [0.717, 1.165) is 11.3 Å². The molecule has 1 amide bonds. The first-order valence-corrected chi connectivity index (χ1v) is 6.92. The Morgan fingerprint density at radius 3 is 2.65 bits per heavy atom. The van der Waals surface area contributed by atoms with Crippen LogP contribution in [0.4, 0.5) is 10.8 Å². The Kier molecular flexibility index (Phi) is 4.06. The fourth-order valence-electron chi connectivity index (χ4n) is 1.63. The molecule has 20 heavy (non-hydrogen) atoms. The van der Waals surface area contributed by atoms with Gasteiger partial charge in [-0.15, -0.1) is 0 Å². The number of Topliss-reactive ketones (excluding diaryl/α,β-unsaturated/α-hetero) is 1. The Morgan fingerprint density at radius 2 is 2.10 bits per heavy atom. The summed E-state index contributed by atoms with van der Waals surface area (Å²) in [5, 5.41) is 3.41. The number of carbonyl (C=O) groups excluding carboxylic acids is 2. The van der Waals surface area contributed by atoms with Gasteiger partial charge in [0.2, 0.25) is 0 Å². The maximum atomic E-state index is 12.0. The van der Waals surface area contributed by atoms with E-state index in [1.165, 1.54) is 13.0 Å². The van der Waals surface area contributed by atoms with Crippen molar-refractivity contribution in [3.05, 3.63) is 39.4 Å². The number of hydrogen-bond donors (Lipinski definition) is 2. The molecule has 0 fully saturated rings. The van der Waals surface area contributed by atoms with E-state index in [2.05, 4.69) is 10.3 Å². The molecule has 0 saturated carbocycles. The molecule has 5 nitrogen and oxygen atoms in total. The van der Waals surface area contributed by atoms with Crippen molar-refractivity contribution < 1.29 is 9.59 Å². The van der Waals surface area contributed by atoms with E-state index in [-0.39, 0.29) is 11.7 Å². The highest BCUT2D eigenvalue weighted by atomic mass is 35.5. The van der Waals surface area contributed by atoms with Gasteiger partial charge in [0.25, 0.3) is 5.91 Å². The minimum absolute atomic E-state index is 0.0729. The van der Waals surface area contributed by atoms with E-state index in [1.807, 2.05) is 0 Å². The standard InChI is InChI=1S/C13H12ClN3O2S/c1-6-11(7(2)18)20-13(16-6)17-12(19)8-3-4-9(14)10(15)5-8/h3-5H,15H2,1-2H3,(H,16,17,19). The fraction of sp³-hybridized carbons (Fsp3) is 0.154. The monoisotopic (exact) mass is 309 g/mol. The van der Waals surface area contributed by atoms with Gasteiger partial charge in [-0.1, -0.05) is 22.9 Å². The quantitative estimate of drug-likeness (QED) is 0.673. The number of thiazole rings is 1. The molecule has 3 N–H and O–H groups in total. The highest BCUT2D eigenvalue weighted by Gasteiger charge is 2.14. The van der Waals surface area contributed by atoms with Crippen molar-refractivity contribution in [1.29, 1.82) is 0 Å². The van der Waals surface area contributed by atoms with Gasteiger partial charge in [0, 0.05) is 12.5 Å². The number of nitrogens with one attached hydrogen (secondary N) is 1. The first-order chi connectivity index (χ1) is 9.38. The molecule has 0 spiro atoms. The number of amides is 1. The second-order valence-electron chi connectivity index (χ2n) is 4.18. The lowest BCUT2D eigenvalue weighted by Crippen LogP contribution is -2.12. The van der Waals surface area contributed by atoms with Gasteiger partial charge in [0.15, 0.2) is 10.9 Å². The third kappa shape index (κ3) is 2.97. The van der Waals surface area contributed by atoms with E-state index >= 15 is 0 Å². The first-order valence-electron chi connectivity index (χ1n) is 5.73. The summed E-state index contributed by atoms with van der Waals surface area (Å²) in [5.41, 5.74) is 6.97. The van der Waals surface area contributed by atoms with Crippen LogP contribution in [-0.2, 0) is 0 Å². The lowest BCUT2D eigenvalue weighted by molar-refractivity contribution is 0.101. The number of halogens is 1. The van der Waals surface area contributed by atoms with Crippen LogP contribution >= 0.6 is 22.9 Å². The molecule has 1 heterocycles. The number of benzene rings is 1. The van der Waals surface area contributed by atoms with Crippen LogP contribution in [0.5, 0.6) is 0 Å². The Balaban J connectivity index is 2.21. The van der Waals surface area contributed by atoms with Crippen LogP contribution in [0.3, 0.4) is 0 Å². The molecule has 0 aliphatic heterocycles. The Morgan fingerprint density at radius 1 is 1.40 bits per heavy atom. The number of hydrogen-bond acceptors (Lipinski definition) is 5. The number of aryl methyl sites for hydroxylation is 1. The van der Waals surface area contributed by atoms with Crippen molar-refractivity contribution in [1.82, 2.24) is 4.98 Å². The SMILES string of the molecule is CC(=O)c1sc(NC(=O)c2ccc(Cl)c(N)c2)nc1C. The molecule has 104 valence electrons. The van der Waals surface area contributed by atoms with Crippen LogP contribution in [0.2, 0.25) is 5.02 Å². The van der Waals surface area contributed by atoms with Gasteiger partial charge in [-0.05, 0) is 25.1 Å². The van der Waals surface area contributed by atoms with Gasteiger partial charge >= 0.3 is 0 Å². The number of carbonyl (C=O) groups is 2. The molecule has 0 aliphatic rings. The molecular weight excluding hydrogens is 298 g/mol. The zero-order valence-electron chi connectivity index (χ0n) is 10.9. The van der Waals surface area contributed by atoms with Gasteiger partial charge < -0.3 is 5.73 Å². The highest BCUT2D eigenvalue weighted by Crippen LogP contribution is 2.24. The zero-order chi connectivity index (χ0) is 14.9. The minimum atomic E-state index is -0.350. The molecule has 7 heteroatoms. The topological polar surface area (TPSA) is 85.1 Å². The predicted molar refractivity (Wildman–Crippen MR) is 80.7 cm³/mol. The molecule has 0 unspecified atom stereocenters. The van der Waals surface area contributed by atoms with Crippen LogP contribution in [0.15, 0.2) is 18.2 Å². The fourth-order valence-corrected chi connectivity index (χ4v) is 2.61. The normalized spacial score (nSPS) is 10.3. The maximum Gasteiger partial charge on any atom is 0.257 e. The zero-order valence-corrected chi connectivity index (χ0v) is 12.4. The summed E-state index contributed by atoms with van der Waals surface area (Å²) < 4.78 is 0. The summed E-state index contributed by atoms with van der Waals surface area (Å²) in [6.07, 6.45) is 0. The highest BCUT2D eigenvalue weighted by molar-refractivity contribution is 7.17. The summed E-state index contributed by atoms with van der Waals surface area (Å²) >= 11 is 6.95. The summed E-state index contributed by atoms with van der Waals surface area (Å²) in [6.45, 7) is 3.19. The smallest absolute Gasteiger partial charge is 0.257 e. The van der Waals surface area contributed by atoms with Crippen LogP contribution in [0.1, 0.15) is 32.6 Å². The number of nitrogen functional groups attached to an aromatic ring is 1. The van der Waals surface area contributed by atoms with Crippen LogP contribution in [0, 0.1) is 6.92 Å². The second-order valence-corrected chi connectivity index (χ2v) is 5.59. The van der Waals surface area contributed by atoms with Crippen LogP contribution in [0.25, 0.3) is 0 Å². The average Bonchev–Trinajstić information content (AvgIpc) is 2.73. The van der Waals surface area contributed by atoms with Crippen molar-refractivity contribution in [3.63, 3.8) is 0 Å². The number of nitrogens with two attached hydrogens (primary N) is 1. The molecule has 0 aliphatic carbocycles. The van der Waals surface area contributed by atoms with Crippen molar-refractivity contribution in [2.45, 2.75) is 13.8 Å². The summed E-state index contributed by atoms with van der Waals surface area (Å²) in [4.78, 5) is 28.1. The Labute approximate surface area is 124 Å². The van der Waals surface area contributed by atoms with E-state index < -0.39 is 0 Å². The van der Waals surface area contributed by atoms with Crippen LogP contribution < -0.4 is 11.1 Å². The van der Waals surface area contributed by atoms with E-state index in [1.54, 1.807) is 19.1 Å². The molecule has 1 aromatic carbocycles. The predicted octanol–water partition coefficient (Wildman–Crippen LogP) is 3.14. The number of anilines is 2. The van der Waals surface area contributed by atoms with Gasteiger partial charge in [-0.2, -0.15) is 0 Å². The minimum Gasteiger partial charge on any atom is -0.398 e. The molecule has 0 saturated heterocycles. The molecule has 0 bridgehead atoms. The lowest BCUT2D eigenvalue weighted by Gasteiger charge is -2.03. The third-order valence-corrected chi connectivity index (χ3v) is 4.11. The van der Waals surface area contributed by atoms with Crippen molar-refractivity contribution in [3.8, 4) is 0 Å². The molecule has 2 aromatic rings. The molecule has 2 rings (SSSR count). The van der Waals surface area contributed by atoms with Gasteiger partial charge in [0.1, 0.15) is 0 Å². The summed E-state index contributed by atoms with van der Waals surface area (Å²) in [6, 6.07) is 4.62. The maximum absolute atomic E-state index is 12.0. The van der Waals surface area contributed by atoms with Crippen molar-refractivity contribution in [2.24, 2.45) is 0 Å². The average molecular weight is 310 g/mol. The third-order valence-electron chi connectivity index (χ3n) is 2.60. The molecule has 1 aromatic heterocycles. The molecule has 0 atom stereocenters. The van der Waals surface area contributed by atoms with Gasteiger partial charge in [-0.3, -0.25) is 14.9 Å². The number of ketones is 1. The van der Waals surface area contributed by atoms with E-state index in [0.29, 0.717) is 32.0 Å². The van der Waals surface area contributed by atoms with E-state index in [9.17, 15) is 9.59 Å². The van der Waals surface area contributed by atoms with Crippen molar-refractivity contribution in [2.75, 3.05) is 11.1 Å². The number of aromatic nitrogens is 1. The largest absolute Gasteiger partial charge is 0.398 e. The summed E-state index contributed by atoms with van der Waals surface area (Å²) in [7, 11) is 0.